The zero-order chi connectivity index (χ0) is 19.7. The first kappa shape index (κ1) is 18.0. The third kappa shape index (κ3) is 3.42. The normalized spacial score (nSPS) is 10.9. The van der Waals surface area contributed by atoms with Gasteiger partial charge < -0.3 is 9.73 Å². The topological polar surface area (TPSA) is 77.1 Å². The Morgan fingerprint density at radius 3 is 2.54 bits per heavy atom. The fourth-order valence-electron chi connectivity index (χ4n) is 2.96. The van der Waals surface area contributed by atoms with Gasteiger partial charge in [-0.05, 0) is 42.5 Å². The molecule has 0 bridgehead atoms. The molecule has 28 heavy (non-hydrogen) atoms. The second kappa shape index (κ2) is 7.32. The molecule has 0 saturated carbocycles. The summed E-state index contributed by atoms with van der Waals surface area (Å²) < 4.78 is 6.96. The molecule has 140 valence electrons. The zero-order valence-corrected chi connectivity index (χ0v) is 15.7. The number of aromatic nitrogens is 2. The molecule has 1 N–H and O–H groups in total. The standard InChI is InChI=1S/C21H16ClN3O3/c1-25-21(27)17-5-3-2-4-16(17)19(24-25)20(26)23-12-15-10-11-18(28-15)13-6-8-14(22)9-7-13/h2-11H,12H2,1H3,(H,23,26). The molecule has 6 nitrogen and oxygen atoms in total. The number of amides is 1. The highest BCUT2D eigenvalue weighted by atomic mass is 35.5. The van der Waals surface area contributed by atoms with Gasteiger partial charge >= 0.3 is 0 Å². The molecule has 0 aliphatic heterocycles. The monoisotopic (exact) mass is 393 g/mol. The van der Waals surface area contributed by atoms with E-state index in [1.807, 2.05) is 18.2 Å². The van der Waals surface area contributed by atoms with Gasteiger partial charge in [0, 0.05) is 23.0 Å². The summed E-state index contributed by atoms with van der Waals surface area (Å²) in [7, 11) is 1.52. The first-order valence-corrected chi connectivity index (χ1v) is 8.99. The Hall–Kier alpha value is -3.38. The van der Waals surface area contributed by atoms with E-state index >= 15 is 0 Å². The number of carbonyl (C=O) groups is 1. The number of hydrogen-bond donors (Lipinski definition) is 1. The molecule has 0 fully saturated rings. The molecule has 2 heterocycles. The number of fused-ring (bicyclic) bond motifs is 1. The molecular formula is C21H16ClN3O3. The van der Waals surface area contributed by atoms with Crippen molar-refractivity contribution in [1.82, 2.24) is 15.1 Å². The molecule has 0 radical (unpaired) electrons. The maximum atomic E-state index is 12.7. The fraction of sp³-hybridized carbons (Fsp3) is 0.0952. The van der Waals surface area contributed by atoms with Crippen LogP contribution in [0.2, 0.25) is 5.02 Å². The summed E-state index contributed by atoms with van der Waals surface area (Å²) in [5.41, 5.74) is 0.848. The lowest BCUT2D eigenvalue weighted by atomic mass is 10.1. The second-order valence-corrected chi connectivity index (χ2v) is 6.71. The van der Waals surface area contributed by atoms with E-state index < -0.39 is 0 Å². The molecular weight excluding hydrogens is 378 g/mol. The number of benzene rings is 2. The zero-order valence-electron chi connectivity index (χ0n) is 15.0. The molecule has 0 unspecified atom stereocenters. The Labute approximate surface area is 165 Å². The number of furan rings is 1. The predicted molar refractivity (Wildman–Crippen MR) is 107 cm³/mol. The van der Waals surface area contributed by atoms with Gasteiger partial charge in [-0.15, -0.1) is 0 Å². The van der Waals surface area contributed by atoms with Crippen molar-refractivity contribution >= 4 is 28.3 Å². The highest BCUT2D eigenvalue weighted by Gasteiger charge is 2.16. The minimum Gasteiger partial charge on any atom is -0.459 e. The first-order valence-electron chi connectivity index (χ1n) is 8.62. The van der Waals surface area contributed by atoms with Gasteiger partial charge in [0.15, 0.2) is 5.69 Å². The smallest absolute Gasteiger partial charge is 0.274 e. The van der Waals surface area contributed by atoms with Crippen molar-refractivity contribution < 1.29 is 9.21 Å². The highest BCUT2D eigenvalue weighted by Crippen LogP contribution is 2.24. The average molecular weight is 394 g/mol. The quantitative estimate of drug-likeness (QED) is 0.572. The van der Waals surface area contributed by atoms with E-state index in [-0.39, 0.29) is 23.7 Å². The number of nitrogens with one attached hydrogen (secondary N) is 1. The van der Waals surface area contributed by atoms with E-state index in [2.05, 4.69) is 10.4 Å². The van der Waals surface area contributed by atoms with Gasteiger partial charge in [0.05, 0.1) is 11.9 Å². The largest absolute Gasteiger partial charge is 0.459 e. The molecule has 0 spiro atoms. The third-order valence-corrected chi connectivity index (χ3v) is 4.64. The molecule has 7 heteroatoms. The molecule has 0 atom stereocenters. The summed E-state index contributed by atoms with van der Waals surface area (Å²) in [5, 5.41) is 8.54. The predicted octanol–water partition coefficient (Wildman–Crippen LogP) is 3.78. The molecule has 0 aliphatic rings. The SMILES string of the molecule is Cn1nc(C(=O)NCc2ccc(-c3ccc(Cl)cc3)o2)c2ccccc2c1=O. The van der Waals surface area contributed by atoms with E-state index in [0.29, 0.717) is 27.3 Å². The summed E-state index contributed by atoms with van der Waals surface area (Å²) in [6.45, 7) is 0.200. The number of aryl methyl sites for hydroxylation is 1. The van der Waals surface area contributed by atoms with Gasteiger partial charge in [-0.1, -0.05) is 29.8 Å². The van der Waals surface area contributed by atoms with Crippen LogP contribution in [-0.2, 0) is 13.6 Å². The number of hydrogen-bond acceptors (Lipinski definition) is 4. The van der Waals surface area contributed by atoms with Gasteiger partial charge in [0.25, 0.3) is 11.5 Å². The molecule has 0 aliphatic carbocycles. The van der Waals surface area contributed by atoms with Crippen molar-refractivity contribution in [2.75, 3.05) is 0 Å². The van der Waals surface area contributed by atoms with Crippen LogP contribution in [0.1, 0.15) is 16.2 Å². The Bertz CT molecular complexity index is 1230. The van der Waals surface area contributed by atoms with Crippen LogP contribution < -0.4 is 10.9 Å². The number of halogens is 1. The molecule has 4 rings (SSSR count). The lowest BCUT2D eigenvalue weighted by Gasteiger charge is -2.08. The van der Waals surface area contributed by atoms with E-state index in [4.69, 9.17) is 16.0 Å². The van der Waals surface area contributed by atoms with E-state index in [9.17, 15) is 9.59 Å². The van der Waals surface area contributed by atoms with Crippen LogP contribution in [0.15, 0.2) is 69.9 Å². The summed E-state index contributed by atoms with van der Waals surface area (Å²) in [6.07, 6.45) is 0. The molecule has 0 saturated heterocycles. The summed E-state index contributed by atoms with van der Waals surface area (Å²) in [4.78, 5) is 24.9. The average Bonchev–Trinajstić information content (AvgIpc) is 3.18. The van der Waals surface area contributed by atoms with Crippen molar-refractivity contribution in [3.63, 3.8) is 0 Å². The van der Waals surface area contributed by atoms with Crippen LogP contribution >= 0.6 is 11.6 Å². The van der Waals surface area contributed by atoms with E-state index in [1.54, 1.807) is 42.5 Å². The second-order valence-electron chi connectivity index (χ2n) is 6.28. The molecule has 2 aromatic carbocycles. The van der Waals surface area contributed by atoms with Gasteiger partial charge in [-0.25, -0.2) is 4.68 Å². The fourth-order valence-corrected chi connectivity index (χ4v) is 3.09. The molecule has 1 amide bonds. The van der Waals surface area contributed by atoms with Gasteiger partial charge in [-0.2, -0.15) is 5.10 Å². The van der Waals surface area contributed by atoms with Gasteiger partial charge in [-0.3, -0.25) is 9.59 Å². The van der Waals surface area contributed by atoms with E-state index in [1.165, 1.54) is 11.7 Å². The lowest BCUT2D eigenvalue weighted by molar-refractivity contribution is 0.0943. The van der Waals surface area contributed by atoms with Gasteiger partial charge in [0.2, 0.25) is 0 Å². The van der Waals surface area contributed by atoms with Crippen LogP contribution in [-0.4, -0.2) is 15.7 Å². The van der Waals surface area contributed by atoms with Crippen molar-refractivity contribution in [3.05, 3.63) is 87.5 Å². The minimum absolute atomic E-state index is 0.196. The van der Waals surface area contributed by atoms with Crippen molar-refractivity contribution in [3.8, 4) is 11.3 Å². The molecule has 4 aromatic rings. The van der Waals surface area contributed by atoms with E-state index in [0.717, 1.165) is 5.56 Å². The van der Waals surface area contributed by atoms with Crippen molar-refractivity contribution in [1.29, 1.82) is 0 Å². The highest BCUT2D eigenvalue weighted by molar-refractivity contribution is 6.30. The van der Waals surface area contributed by atoms with Crippen molar-refractivity contribution in [2.24, 2.45) is 7.05 Å². The molecule has 2 aromatic heterocycles. The lowest BCUT2D eigenvalue weighted by Crippen LogP contribution is -2.29. The number of rotatable bonds is 4. The van der Waals surface area contributed by atoms with Crippen LogP contribution in [0.25, 0.3) is 22.1 Å². The Morgan fingerprint density at radius 1 is 1.07 bits per heavy atom. The first-order chi connectivity index (χ1) is 13.5. The minimum atomic E-state index is -0.378. The van der Waals surface area contributed by atoms with Crippen LogP contribution in [0.3, 0.4) is 0 Å². The number of carbonyl (C=O) groups excluding carboxylic acids is 1. The van der Waals surface area contributed by atoms with Crippen LogP contribution in [0.5, 0.6) is 0 Å². The maximum absolute atomic E-state index is 12.7. The van der Waals surface area contributed by atoms with Gasteiger partial charge in [0.1, 0.15) is 11.5 Å². The Kier molecular flexibility index (Phi) is 4.71. The Balaban J connectivity index is 1.54. The summed E-state index contributed by atoms with van der Waals surface area (Å²) in [5.74, 6) is 0.912. The summed E-state index contributed by atoms with van der Waals surface area (Å²) >= 11 is 5.90. The third-order valence-electron chi connectivity index (χ3n) is 4.39. The van der Waals surface area contributed by atoms with Crippen LogP contribution in [0.4, 0.5) is 0 Å². The summed E-state index contributed by atoms with van der Waals surface area (Å²) in [6, 6.07) is 17.9. The number of nitrogens with zero attached hydrogens (tertiary/aromatic N) is 2. The van der Waals surface area contributed by atoms with Crippen molar-refractivity contribution in [2.45, 2.75) is 6.54 Å². The van der Waals surface area contributed by atoms with Crippen LogP contribution in [0, 0.1) is 0 Å². The maximum Gasteiger partial charge on any atom is 0.274 e. The Morgan fingerprint density at radius 2 is 1.79 bits per heavy atom.